The third-order valence-corrected chi connectivity index (χ3v) is 9.63. The first-order chi connectivity index (χ1) is 23.4. The van der Waals surface area contributed by atoms with Gasteiger partial charge in [-0.05, 0) is 60.7 Å². The first-order valence-electron chi connectivity index (χ1n) is 16.1. The molecule has 220 valence electrons. The molecule has 0 fully saturated rings. The third kappa shape index (κ3) is 3.74. The zero-order valence-electron chi connectivity index (χ0n) is 25.6. The Labute approximate surface area is 272 Å². The van der Waals surface area contributed by atoms with Crippen LogP contribution in [0.5, 0.6) is 0 Å². The molecule has 10 rings (SSSR count). The Morgan fingerprint density at radius 2 is 0.809 bits per heavy atom. The highest BCUT2D eigenvalue weighted by Crippen LogP contribution is 2.54. The van der Waals surface area contributed by atoms with Crippen LogP contribution in [0.25, 0.3) is 66.5 Å². The predicted octanol–water partition coefficient (Wildman–Crippen LogP) is 11.8. The quantitative estimate of drug-likeness (QED) is 0.197. The minimum atomic E-state index is 1.12. The highest BCUT2D eigenvalue weighted by molar-refractivity contribution is 6.13. The number of nitrogens with zero attached hydrogens (tertiary/aromatic N) is 3. The maximum atomic E-state index is 2.45. The van der Waals surface area contributed by atoms with Crippen molar-refractivity contribution in [1.82, 2.24) is 9.13 Å². The molecule has 3 heteroatoms. The number of hydrogen-bond acceptors (Lipinski definition) is 1. The van der Waals surface area contributed by atoms with Gasteiger partial charge in [-0.1, -0.05) is 115 Å². The average Bonchev–Trinajstić information content (AvgIpc) is 3.62. The topological polar surface area (TPSA) is 13.1 Å². The van der Waals surface area contributed by atoms with Gasteiger partial charge in [0.1, 0.15) is 0 Å². The maximum absolute atomic E-state index is 2.45. The van der Waals surface area contributed by atoms with E-state index in [1.807, 2.05) is 0 Å². The molecule has 3 nitrogen and oxygen atoms in total. The second kappa shape index (κ2) is 10.1. The van der Waals surface area contributed by atoms with Crippen LogP contribution >= 0.6 is 0 Å². The van der Waals surface area contributed by atoms with Gasteiger partial charge in [-0.15, -0.1) is 0 Å². The van der Waals surface area contributed by atoms with Crippen molar-refractivity contribution in [2.75, 3.05) is 4.90 Å². The lowest BCUT2D eigenvalue weighted by molar-refractivity contribution is 1.13. The molecular formula is C44H29N3. The van der Waals surface area contributed by atoms with Crippen LogP contribution in [0.3, 0.4) is 0 Å². The van der Waals surface area contributed by atoms with E-state index in [-0.39, 0.29) is 0 Å². The smallest absolute Gasteiger partial charge is 0.0641 e. The van der Waals surface area contributed by atoms with Gasteiger partial charge < -0.3 is 14.0 Å². The fraction of sp³-hybridized carbons (Fsp3) is 0. The SMILES string of the molecule is c1ccc(-n2c3c(c4ccccc42)-c2ccccc2N(c2cccc(-n4c5ccccc5c5ccccc54)c2)c2ccccc2-3)cc1. The number of para-hydroxylation sites is 6. The van der Waals surface area contributed by atoms with Gasteiger partial charge in [0.25, 0.3) is 0 Å². The molecule has 0 aliphatic carbocycles. The molecule has 9 aromatic rings. The van der Waals surface area contributed by atoms with Gasteiger partial charge in [0.2, 0.25) is 0 Å². The summed E-state index contributed by atoms with van der Waals surface area (Å²) in [7, 11) is 0. The molecule has 0 N–H and O–H groups in total. The van der Waals surface area contributed by atoms with E-state index < -0.39 is 0 Å². The van der Waals surface area contributed by atoms with Gasteiger partial charge in [0.05, 0.1) is 33.6 Å². The van der Waals surface area contributed by atoms with Crippen LogP contribution in [0.15, 0.2) is 176 Å². The van der Waals surface area contributed by atoms with E-state index in [1.165, 1.54) is 55.1 Å². The minimum absolute atomic E-state index is 1.12. The van der Waals surface area contributed by atoms with Crippen molar-refractivity contribution in [3.05, 3.63) is 176 Å². The van der Waals surface area contributed by atoms with E-state index in [0.29, 0.717) is 0 Å². The van der Waals surface area contributed by atoms with Crippen molar-refractivity contribution in [3.63, 3.8) is 0 Å². The van der Waals surface area contributed by atoms with Crippen LogP contribution in [0.2, 0.25) is 0 Å². The summed E-state index contributed by atoms with van der Waals surface area (Å²) in [6.07, 6.45) is 0. The fourth-order valence-corrected chi connectivity index (χ4v) is 7.74. The molecule has 0 radical (unpaired) electrons. The van der Waals surface area contributed by atoms with Crippen molar-refractivity contribution >= 4 is 49.8 Å². The molecule has 0 spiro atoms. The first-order valence-corrected chi connectivity index (χ1v) is 16.1. The van der Waals surface area contributed by atoms with Crippen LogP contribution in [0.1, 0.15) is 0 Å². The monoisotopic (exact) mass is 599 g/mol. The van der Waals surface area contributed by atoms with Crippen molar-refractivity contribution in [2.45, 2.75) is 0 Å². The maximum Gasteiger partial charge on any atom is 0.0641 e. The fourth-order valence-electron chi connectivity index (χ4n) is 7.74. The van der Waals surface area contributed by atoms with E-state index in [1.54, 1.807) is 0 Å². The molecule has 0 unspecified atom stereocenters. The molecule has 1 aliphatic rings. The summed E-state index contributed by atoms with van der Waals surface area (Å²) < 4.78 is 4.84. The van der Waals surface area contributed by atoms with Gasteiger partial charge in [-0.2, -0.15) is 0 Å². The van der Waals surface area contributed by atoms with Gasteiger partial charge in [0.15, 0.2) is 0 Å². The Morgan fingerprint density at radius 1 is 0.319 bits per heavy atom. The Bertz CT molecular complexity index is 2590. The lowest BCUT2D eigenvalue weighted by atomic mass is 9.98. The molecule has 0 bridgehead atoms. The lowest BCUT2D eigenvalue weighted by Gasteiger charge is -2.28. The molecule has 3 heterocycles. The van der Waals surface area contributed by atoms with Crippen molar-refractivity contribution < 1.29 is 0 Å². The Balaban J connectivity index is 1.28. The Hall–Kier alpha value is -6.32. The zero-order valence-corrected chi connectivity index (χ0v) is 25.6. The minimum Gasteiger partial charge on any atom is -0.309 e. The number of fused-ring (bicyclic) bond motifs is 10. The van der Waals surface area contributed by atoms with Crippen molar-refractivity contribution in [2.24, 2.45) is 0 Å². The molecule has 47 heavy (non-hydrogen) atoms. The number of benzene rings is 7. The summed E-state index contributed by atoms with van der Waals surface area (Å²) in [6.45, 7) is 0. The normalized spacial score (nSPS) is 12.2. The second-order valence-electron chi connectivity index (χ2n) is 12.2. The highest BCUT2D eigenvalue weighted by Gasteiger charge is 2.31. The predicted molar refractivity (Wildman–Crippen MR) is 197 cm³/mol. The van der Waals surface area contributed by atoms with Gasteiger partial charge in [-0.3, -0.25) is 0 Å². The Kier molecular flexibility index (Phi) is 5.57. The second-order valence-corrected chi connectivity index (χ2v) is 12.2. The Morgan fingerprint density at radius 3 is 1.51 bits per heavy atom. The lowest BCUT2D eigenvalue weighted by Crippen LogP contribution is -2.11. The molecule has 7 aromatic carbocycles. The molecule has 0 saturated heterocycles. The van der Waals surface area contributed by atoms with Crippen LogP contribution in [0, 0.1) is 0 Å². The zero-order chi connectivity index (χ0) is 30.9. The molecular weight excluding hydrogens is 571 g/mol. The van der Waals surface area contributed by atoms with Crippen molar-refractivity contribution in [1.29, 1.82) is 0 Å². The molecule has 2 aromatic heterocycles. The van der Waals surface area contributed by atoms with Gasteiger partial charge >= 0.3 is 0 Å². The summed E-state index contributed by atoms with van der Waals surface area (Å²) in [5.41, 5.74) is 14.2. The van der Waals surface area contributed by atoms with Crippen molar-refractivity contribution in [3.8, 4) is 33.8 Å². The number of hydrogen-bond donors (Lipinski definition) is 0. The third-order valence-electron chi connectivity index (χ3n) is 9.63. The molecule has 0 amide bonds. The molecule has 0 atom stereocenters. The van der Waals surface area contributed by atoms with Crippen LogP contribution in [-0.2, 0) is 0 Å². The summed E-state index contributed by atoms with van der Waals surface area (Å²) in [4.78, 5) is 2.45. The van der Waals surface area contributed by atoms with Gasteiger partial charge in [0, 0.05) is 49.9 Å². The van der Waals surface area contributed by atoms with E-state index in [0.717, 1.165) is 28.4 Å². The van der Waals surface area contributed by atoms with E-state index in [2.05, 4.69) is 190 Å². The van der Waals surface area contributed by atoms with Crippen LogP contribution in [0.4, 0.5) is 17.1 Å². The van der Waals surface area contributed by atoms with Crippen LogP contribution < -0.4 is 4.90 Å². The molecule has 0 saturated carbocycles. The van der Waals surface area contributed by atoms with E-state index >= 15 is 0 Å². The largest absolute Gasteiger partial charge is 0.309 e. The number of aromatic nitrogens is 2. The average molecular weight is 600 g/mol. The van der Waals surface area contributed by atoms with E-state index in [4.69, 9.17) is 0 Å². The van der Waals surface area contributed by atoms with Gasteiger partial charge in [-0.25, -0.2) is 0 Å². The number of rotatable bonds is 3. The van der Waals surface area contributed by atoms with E-state index in [9.17, 15) is 0 Å². The summed E-state index contributed by atoms with van der Waals surface area (Å²) in [5.74, 6) is 0. The summed E-state index contributed by atoms with van der Waals surface area (Å²) in [6, 6.07) is 63.7. The highest BCUT2D eigenvalue weighted by atomic mass is 15.2. The summed E-state index contributed by atoms with van der Waals surface area (Å²) >= 11 is 0. The molecule has 1 aliphatic heterocycles. The standard InChI is InChI=1S/C44H29N3/c1-2-15-30(16-3-1)47-41-27-12-7-22-36(41)43-35-21-6-11-26-40(35)46(42-28-13-8-23-37(42)44(43)47)32-18-14-17-31(29-32)45-38-24-9-4-19-33(38)34-20-5-10-25-39(34)45/h1-29H. The number of anilines is 3. The van der Waals surface area contributed by atoms with Crippen LogP contribution in [-0.4, -0.2) is 9.13 Å². The summed E-state index contributed by atoms with van der Waals surface area (Å²) in [5, 5.41) is 3.77. The first kappa shape index (κ1) is 26.0.